The van der Waals surface area contributed by atoms with Gasteiger partial charge in [-0.25, -0.2) is 9.18 Å². The minimum absolute atomic E-state index is 0.0231. The monoisotopic (exact) mass is 647 g/mol. The zero-order chi connectivity index (χ0) is 34.0. The summed E-state index contributed by atoms with van der Waals surface area (Å²) in [4.78, 5) is 44.6. The minimum Gasteiger partial charge on any atom is -0.493 e. The number of unbranched alkanes of at least 4 members (excludes halogenated alkanes) is 1. The van der Waals surface area contributed by atoms with Crippen LogP contribution >= 0.6 is 0 Å². The van der Waals surface area contributed by atoms with E-state index in [-0.39, 0.29) is 49.1 Å². The molecule has 3 atom stereocenters. The highest BCUT2D eigenvalue weighted by molar-refractivity contribution is 5.97. The van der Waals surface area contributed by atoms with Crippen molar-refractivity contribution in [2.24, 2.45) is 17.8 Å². The van der Waals surface area contributed by atoms with Crippen molar-refractivity contribution in [3.63, 3.8) is 0 Å². The minimum atomic E-state index is -0.738. The van der Waals surface area contributed by atoms with Crippen LogP contribution in [0.25, 0.3) is 0 Å². The van der Waals surface area contributed by atoms with E-state index >= 15 is 4.39 Å². The Morgan fingerprint density at radius 3 is 2.35 bits per heavy atom. The summed E-state index contributed by atoms with van der Waals surface area (Å²) in [5.41, 5.74) is 0.169. The van der Waals surface area contributed by atoms with Crippen LogP contribution in [0.5, 0.6) is 5.75 Å². The molecule has 46 heavy (non-hydrogen) atoms. The van der Waals surface area contributed by atoms with Gasteiger partial charge in [-0.3, -0.25) is 9.59 Å². The van der Waals surface area contributed by atoms with Crippen molar-refractivity contribution in [2.75, 3.05) is 38.3 Å². The Morgan fingerprint density at radius 2 is 1.76 bits per heavy atom. The van der Waals surface area contributed by atoms with Gasteiger partial charge in [-0.15, -0.1) is 0 Å². The molecule has 1 aliphatic heterocycles. The fourth-order valence-corrected chi connectivity index (χ4v) is 6.12. The van der Waals surface area contributed by atoms with Crippen LogP contribution in [0, 0.1) is 23.6 Å². The van der Waals surface area contributed by atoms with Gasteiger partial charge in [0.15, 0.2) is 0 Å². The molecule has 10 heteroatoms. The van der Waals surface area contributed by atoms with E-state index in [4.69, 9.17) is 14.2 Å². The number of carbonyl (C=O) groups is 3. The number of likely N-dealkylation sites (tertiary alicyclic amines) is 1. The highest BCUT2D eigenvalue weighted by Crippen LogP contribution is 2.39. The molecule has 0 unspecified atom stereocenters. The zero-order valence-corrected chi connectivity index (χ0v) is 29.5. The summed E-state index contributed by atoms with van der Waals surface area (Å²) >= 11 is 0. The Hall–Kier alpha value is -2.88. The molecule has 260 valence electrons. The van der Waals surface area contributed by atoms with Crippen LogP contribution in [0.15, 0.2) is 12.1 Å². The van der Waals surface area contributed by atoms with Crippen LogP contribution in [0.4, 0.5) is 14.9 Å². The van der Waals surface area contributed by atoms with E-state index in [1.807, 2.05) is 6.92 Å². The number of aryl methyl sites for hydroxylation is 1. The molecular weight excluding hydrogens is 589 g/mol. The van der Waals surface area contributed by atoms with Crippen molar-refractivity contribution in [3.8, 4) is 5.75 Å². The highest BCUT2D eigenvalue weighted by Gasteiger charge is 2.44. The third-order valence-corrected chi connectivity index (χ3v) is 8.50. The number of carbonyl (C=O) groups excluding carboxylic acids is 3. The summed E-state index contributed by atoms with van der Waals surface area (Å²) in [5, 5.41) is 3.25. The van der Waals surface area contributed by atoms with Gasteiger partial charge in [0.05, 0.1) is 24.1 Å². The molecule has 0 aromatic heterocycles. The number of hydrogen-bond donors (Lipinski definition) is 1. The molecule has 1 heterocycles. The van der Waals surface area contributed by atoms with Gasteiger partial charge in [0, 0.05) is 51.4 Å². The molecule has 3 rings (SSSR count). The quantitative estimate of drug-likeness (QED) is 0.196. The first-order valence-electron chi connectivity index (χ1n) is 17.3. The second-order valence-corrected chi connectivity index (χ2v) is 14.4. The number of hydrogen-bond acceptors (Lipinski definition) is 6. The molecule has 1 saturated heterocycles. The molecule has 3 amide bonds. The predicted octanol–water partition coefficient (Wildman–Crippen LogP) is 6.89. The molecule has 1 aliphatic carbocycles. The maximum atomic E-state index is 15.8. The summed E-state index contributed by atoms with van der Waals surface area (Å²) in [6, 6.07) is 2.97. The van der Waals surface area contributed by atoms with E-state index in [9.17, 15) is 14.4 Å². The van der Waals surface area contributed by atoms with Gasteiger partial charge in [0.1, 0.15) is 17.2 Å². The van der Waals surface area contributed by atoms with Gasteiger partial charge >= 0.3 is 6.09 Å². The number of rotatable bonds is 16. The highest BCUT2D eigenvalue weighted by atomic mass is 19.1. The number of nitrogens with one attached hydrogen (secondary N) is 1. The fraction of sp³-hybridized carbons (Fsp3) is 0.750. The molecule has 1 N–H and O–H groups in total. The lowest BCUT2D eigenvalue weighted by atomic mass is 9.86. The number of piperidine rings is 1. The summed E-state index contributed by atoms with van der Waals surface area (Å²) in [7, 11) is 1.63. The zero-order valence-electron chi connectivity index (χ0n) is 29.5. The summed E-state index contributed by atoms with van der Waals surface area (Å²) in [5.74, 6) is -1.26. The van der Waals surface area contributed by atoms with E-state index in [1.165, 1.54) is 11.0 Å². The van der Waals surface area contributed by atoms with E-state index in [0.29, 0.717) is 37.7 Å². The van der Waals surface area contributed by atoms with Crippen LogP contribution in [-0.2, 0) is 25.5 Å². The molecule has 1 aromatic carbocycles. The number of nitrogens with zero attached hydrogens (tertiary/aromatic N) is 2. The molecule has 0 bridgehead atoms. The Bertz CT molecular complexity index is 1170. The first-order chi connectivity index (χ1) is 21.8. The van der Waals surface area contributed by atoms with Crippen molar-refractivity contribution in [1.29, 1.82) is 0 Å². The largest absolute Gasteiger partial charge is 0.493 e. The summed E-state index contributed by atoms with van der Waals surface area (Å²) in [6.07, 6.45) is 6.25. The Kier molecular flexibility index (Phi) is 14.2. The van der Waals surface area contributed by atoms with Gasteiger partial charge in [-0.1, -0.05) is 40.5 Å². The predicted molar refractivity (Wildman–Crippen MR) is 179 cm³/mol. The van der Waals surface area contributed by atoms with E-state index in [2.05, 4.69) is 26.1 Å². The van der Waals surface area contributed by atoms with Crippen LogP contribution in [0.2, 0.25) is 0 Å². The molecule has 9 nitrogen and oxygen atoms in total. The molecule has 0 spiro atoms. The van der Waals surface area contributed by atoms with Crippen LogP contribution < -0.4 is 15.0 Å². The number of benzene rings is 1. The second kappa shape index (κ2) is 17.3. The first kappa shape index (κ1) is 37.6. The molecule has 1 aromatic rings. The van der Waals surface area contributed by atoms with Gasteiger partial charge < -0.3 is 29.3 Å². The smallest absolute Gasteiger partial charge is 0.410 e. The lowest BCUT2D eigenvalue weighted by Crippen LogP contribution is -2.54. The maximum Gasteiger partial charge on any atom is 0.410 e. The fourth-order valence-electron chi connectivity index (χ4n) is 6.12. The van der Waals surface area contributed by atoms with E-state index < -0.39 is 29.3 Å². The van der Waals surface area contributed by atoms with Crippen LogP contribution in [-0.4, -0.2) is 73.9 Å². The first-order valence-corrected chi connectivity index (χ1v) is 17.3. The normalized spacial score (nSPS) is 19.1. The third-order valence-electron chi connectivity index (χ3n) is 8.50. The van der Waals surface area contributed by atoms with Crippen molar-refractivity contribution in [1.82, 2.24) is 10.2 Å². The maximum absolute atomic E-state index is 15.8. The van der Waals surface area contributed by atoms with Crippen molar-refractivity contribution < 1.29 is 33.0 Å². The average molecular weight is 648 g/mol. The second-order valence-electron chi connectivity index (χ2n) is 14.4. The standard InChI is InChI=1S/C36H58FN3O6/c1-9-11-13-28(18-24(3)4)38-33(41)26-19-27(23-39(22-26)35(43)46-36(5,6)7)34(42)40(29-14-15-29)31-21-32(45-17-12-16-44-8)25(10-2)20-30(31)37/h20-21,24,26-29H,9-19,22-23H2,1-8H3,(H,38,41)/t26-,27+,28-/m0/s1. The Labute approximate surface area is 275 Å². The number of amides is 3. The van der Waals surface area contributed by atoms with Crippen molar-refractivity contribution in [2.45, 2.75) is 124 Å². The van der Waals surface area contributed by atoms with Gasteiger partial charge in [-0.05, 0) is 76.8 Å². The average Bonchev–Trinajstić information content (AvgIpc) is 3.83. The van der Waals surface area contributed by atoms with Gasteiger partial charge in [-0.2, -0.15) is 0 Å². The Balaban J connectivity index is 1.92. The lowest BCUT2D eigenvalue weighted by Gasteiger charge is -2.39. The molecular formula is C36H58FN3O6. The van der Waals surface area contributed by atoms with Crippen molar-refractivity contribution in [3.05, 3.63) is 23.5 Å². The van der Waals surface area contributed by atoms with Gasteiger partial charge in [0.25, 0.3) is 0 Å². The number of methoxy groups -OCH3 is 1. The van der Waals surface area contributed by atoms with Crippen molar-refractivity contribution >= 4 is 23.6 Å². The number of halogens is 1. The molecule has 0 radical (unpaired) electrons. The lowest BCUT2D eigenvalue weighted by molar-refractivity contribution is -0.131. The molecule has 1 saturated carbocycles. The molecule has 2 aliphatic rings. The van der Waals surface area contributed by atoms with Gasteiger partial charge in [0.2, 0.25) is 11.8 Å². The third kappa shape index (κ3) is 11.1. The molecule has 2 fully saturated rings. The van der Waals surface area contributed by atoms with Crippen LogP contribution in [0.3, 0.4) is 0 Å². The number of anilines is 1. The van der Waals surface area contributed by atoms with Crippen LogP contribution in [0.1, 0.15) is 105 Å². The van der Waals surface area contributed by atoms with E-state index in [0.717, 1.165) is 44.1 Å². The van der Waals surface area contributed by atoms with E-state index in [1.54, 1.807) is 38.8 Å². The topological polar surface area (TPSA) is 97.4 Å². The number of ether oxygens (including phenoxy) is 3. The summed E-state index contributed by atoms with van der Waals surface area (Å²) in [6.45, 7) is 14.9. The Morgan fingerprint density at radius 1 is 1.07 bits per heavy atom. The summed E-state index contributed by atoms with van der Waals surface area (Å²) < 4.78 is 32.6. The SMILES string of the molecule is CCCC[C@@H](CC(C)C)NC(=O)[C@H]1C[C@@H](C(=O)N(c2cc(OCCCOC)c(CC)cc2F)C2CC2)CN(C(=O)OC(C)(C)C)C1.